The van der Waals surface area contributed by atoms with Crippen molar-refractivity contribution in [3.8, 4) is 0 Å². The maximum atomic E-state index is 11.2. The standard InChI is InChI=1S/C8H9N3O3S/c1-4(12)9-5-2-3-11-7(13)6(10-14)8(11)15-5/h2-3,5,8,14H,1H3,(H,9,12)/t5?,8-/m1/s1. The number of hydrogen-bond acceptors (Lipinski definition) is 5. The van der Waals surface area contributed by atoms with Crippen molar-refractivity contribution in [1.29, 1.82) is 0 Å². The second-order valence-corrected chi connectivity index (χ2v) is 4.38. The van der Waals surface area contributed by atoms with Crippen molar-refractivity contribution in [2.75, 3.05) is 0 Å². The third-order valence-corrected chi connectivity index (χ3v) is 3.37. The maximum absolute atomic E-state index is 11.2. The lowest BCUT2D eigenvalue weighted by molar-refractivity contribution is -0.125. The average Bonchev–Trinajstić information content (AvgIpc) is 2.17. The zero-order valence-corrected chi connectivity index (χ0v) is 8.69. The smallest absolute Gasteiger partial charge is 0.280 e. The van der Waals surface area contributed by atoms with Gasteiger partial charge in [-0.15, -0.1) is 11.8 Å². The fourth-order valence-corrected chi connectivity index (χ4v) is 2.66. The molecule has 2 aliphatic heterocycles. The fourth-order valence-electron chi connectivity index (χ4n) is 1.42. The van der Waals surface area contributed by atoms with Gasteiger partial charge in [0.2, 0.25) is 5.91 Å². The summed E-state index contributed by atoms with van der Waals surface area (Å²) in [6.45, 7) is 1.42. The van der Waals surface area contributed by atoms with Crippen LogP contribution in [0.3, 0.4) is 0 Å². The number of nitrogens with one attached hydrogen (secondary N) is 1. The summed E-state index contributed by atoms with van der Waals surface area (Å²) in [7, 11) is 0. The molecule has 0 aromatic carbocycles. The predicted molar refractivity (Wildman–Crippen MR) is 54.2 cm³/mol. The van der Waals surface area contributed by atoms with E-state index in [2.05, 4.69) is 10.5 Å². The number of rotatable bonds is 1. The Bertz CT molecular complexity index is 379. The monoisotopic (exact) mass is 227 g/mol. The molecule has 0 spiro atoms. The molecule has 2 rings (SSSR count). The van der Waals surface area contributed by atoms with E-state index in [-0.39, 0.29) is 28.3 Å². The minimum Gasteiger partial charge on any atom is -0.410 e. The van der Waals surface area contributed by atoms with Crippen LogP contribution in [0.15, 0.2) is 17.4 Å². The number of nitrogens with zero attached hydrogens (tertiary/aromatic N) is 2. The maximum Gasteiger partial charge on any atom is 0.280 e. The molecule has 2 atom stereocenters. The Morgan fingerprint density at radius 3 is 3.07 bits per heavy atom. The lowest BCUT2D eigenvalue weighted by Crippen LogP contribution is -2.60. The van der Waals surface area contributed by atoms with E-state index in [0.717, 1.165) is 0 Å². The minimum atomic E-state index is -0.299. The van der Waals surface area contributed by atoms with E-state index < -0.39 is 0 Å². The van der Waals surface area contributed by atoms with Crippen molar-refractivity contribution in [1.82, 2.24) is 10.2 Å². The molecule has 2 amide bonds. The summed E-state index contributed by atoms with van der Waals surface area (Å²) in [4.78, 5) is 23.5. The van der Waals surface area contributed by atoms with Gasteiger partial charge in [-0.3, -0.25) is 14.5 Å². The van der Waals surface area contributed by atoms with Crippen molar-refractivity contribution in [3.63, 3.8) is 0 Å². The molecule has 0 aliphatic carbocycles. The van der Waals surface area contributed by atoms with Gasteiger partial charge >= 0.3 is 0 Å². The summed E-state index contributed by atoms with van der Waals surface area (Å²) in [5.74, 6) is -0.439. The van der Waals surface area contributed by atoms with Crippen molar-refractivity contribution in [3.05, 3.63) is 12.3 Å². The van der Waals surface area contributed by atoms with Crippen molar-refractivity contribution in [2.45, 2.75) is 17.7 Å². The molecule has 2 N–H and O–H groups in total. The molecule has 2 aliphatic rings. The zero-order chi connectivity index (χ0) is 11.0. The molecule has 0 aromatic heterocycles. The van der Waals surface area contributed by atoms with Crippen LogP contribution in [0.1, 0.15) is 6.92 Å². The summed E-state index contributed by atoms with van der Waals surface area (Å²) >= 11 is 1.34. The Kier molecular flexibility index (Phi) is 2.39. The third-order valence-electron chi connectivity index (χ3n) is 2.09. The SMILES string of the molecule is CC(=O)NC1C=CN2C(=O)C(=NO)[C@H]2S1. The van der Waals surface area contributed by atoms with E-state index >= 15 is 0 Å². The summed E-state index contributed by atoms with van der Waals surface area (Å²) in [5.41, 5.74) is 0.125. The highest BCUT2D eigenvalue weighted by Crippen LogP contribution is 2.34. The van der Waals surface area contributed by atoms with Gasteiger partial charge in [0.05, 0.1) is 5.37 Å². The Morgan fingerprint density at radius 2 is 2.47 bits per heavy atom. The van der Waals surface area contributed by atoms with Crippen LogP contribution in [0.25, 0.3) is 0 Å². The van der Waals surface area contributed by atoms with Crippen LogP contribution in [0.2, 0.25) is 0 Å². The van der Waals surface area contributed by atoms with Gasteiger partial charge in [-0.05, 0) is 6.08 Å². The zero-order valence-electron chi connectivity index (χ0n) is 7.88. The van der Waals surface area contributed by atoms with Crippen LogP contribution >= 0.6 is 11.8 Å². The van der Waals surface area contributed by atoms with Crippen molar-refractivity contribution < 1.29 is 14.8 Å². The summed E-state index contributed by atoms with van der Waals surface area (Å²) in [5, 5.41) is 13.7. The molecule has 0 radical (unpaired) electrons. The number of amides is 2. The topological polar surface area (TPSA) is 82.0 Å². The van der Waals surface area contributed by atoms with Gasteiger partial charge in [0.15, 0.2) is 5.71 Å². The second-order valence-electron chi connectivity index (χ2n) is 3.15. The van der Waals surface area contributed by atoms with Crippen LogP contribution < -0.4 is 5.32 Å². The molecule has 15 heavy (non-hydrogen) atoms. The summed E-state index contributed by atoms with van der Waals surface area (Å²) in [6, 6.07) is 0. The van der Waals surface area contributed by atoms with Gasteiger partial charge in [0.25, 0.3) is 5.91 Å². The van der Waals surface area contributed by atoms with E-state index in [9.17, 15) is 9.59 Å². The quantitative estimate of drug-likeness (QED) is 0.366. The lowest BCUT2D eigenvalue weighted by atomic mass is 10.1. The number of β-lactam (4-membered cyclic amide) rings is 1. The molecular weight excluding hydrogens is 218 g/mol. The van der Waals surface area contributed by atoms with Crippen LogP contribution in [-0.4, -0.2) is 38.4 Å². The Morgan fingerprint density at radius 1 is 1.73 bits per heavy atom. The van der Waals surface area contributed by atoms with Crippen molar-refractivity contribution in [2.24, 2.45) is 5.16 Å². The van der Waals surface area contributed by atoms with Gasteiger partial charge in [-0.1, -0.05) is 5.16 Å². The molecule has 0 saturated carbocycles. The normalized spacial score (nSPS) is 31.1. The first-order chi connectivity index (χ1) is 7.13. The van der Waals surface area contributed by atoms with Crippen molar-refractivity contribution >= 4 is 29.3 Å². The highest BCUT2D eigenvalue weighted by atomic mass is 32.2. The second kappa shape index (κ2) is 3.58. The first-order valence-corrected chi connectivity index (χ1v) is 5.23. The third kappa shape index (κ3) is 1.58. The average molecular weight is 227 g/mol. The number of oxime groups is 1. The number of carbonyl (C=O) groups is 2. The first kappa shape index (κ1) is 10.0. The largest absolute Gasteiger partial charge is 0.410 e. The van der Waals surface area contributed by atoms with Gasteiger partial charge in [0.1, 0.15) is 5.37 Å². The van der Waals surface area contributed by atoms with Gasteiger partial charge in [0, 0.05) is 13.1 Å². The Balaban J connectivity index is 2.09. The molecule has 2 heterocycles. The van der Waals surface area contributed by atoms with Crippen LogP contribution in [0, 0.1) is 0 Å². The number of hydrogen-bond donors (Lipinski definition) is 2. The van der Waals surface area contributed by atoms with Gasteiger partial charge in [-0.2, -0.15) is 0 Å². The van der Waals surface area contributed by atoms with Crippen LogP contribution in [0.4, 0.5) is 0 Å². The van der Waals surface area contributed by atoms with E-state index in [1.807, 2.05) is 0 Å². The number of carbonyl (C=O) groups excluding carboxylic acids is 2. The molecule has 1 fully saturated rings. The van der Waals surface area contributed by atoms with Crippen LogP contribution in [0.5, 0.6) is 0 Å². The Labute approximate surface area is 90.0 Å². The predicted octanol–water partition coefficient (Wildman–Crippen LogP) is -0.292. The molecular formula is C8H9N3O3S. The molecule has 0 bridgehead atoms. The molecule has 6 nitrogen and oxygen atoms in total. The van der Waals surface area contributed by atoms with Gasteiger partial charge in [-0.25, -0.2) is 0 Å². The molecule has 80 valence electrons. The molecule has 1 unspecified atom stereocenters. The highest BCUT2D eigenvalue weighted by molar-refractivity contribution is 8.01. The summed E-state index contributed by atoms with van der Waals surface area (Å²) < 4.78 is 0. The lowest BCUT2D eigenvalue weighted by Gasteiger charge is -2.41. The van der Waals surface area contributed by atoms with Gasteiger partial charge < -0.3 is 10.5 Å². The molecule has 1 saturated heterocycles. The Hall–Kier alpha value is -1.50. The molecule has 0 aromatic rings. The minimum absolute atomic E-state index is 0.125. The molecule has 7 heteroatoms. The number of fused-ring (bicyclic) bond motifs is 1. The van der Waals surface area contributed by atoms with Crippen LogP contribution in [-0.2, 0) is 9.59 Å². The highest BCUT2D eigenvalue weighted by Gasteiger charge is 2.47. The van der Waals surface area contributed by atoms with E-state index in [4.69, 9.17) is 5.21 Å². The first-order valence-electron chi connectivity index (χ1n) is 4.29. The van der Waals surface area contributed by atoms with E-state index in [1.165, 1.54) is 23.6 Å². The summed E-state index contributed by atoms with van der Waals surface area (Å²) in [6.07, 6.45) is 3.31. The van der Waals surface area contributed by atoms with E-state index in [1.54, 1.807) is 12.3 Å². The van der Waals surface area contributed by atoms with E-state index in [0.29, 0.717) is 0 Å². The number of thioether (sulfide) groups is 1. The fraction of sp³-hybridized carbons (Fsp3) is 0.375.